The number of likely N-dealkylation sites (tertiary alicyclic amines) is 1. The molecule has 2 aromatic rings. The van der Waals surface area contributed by atoms with Gasteiger partial charge in [-0.15, -0.1) is 0 Å². The molecule has 2 aliphatic heterocycles. The van der Waals surface area contributed by atoms with Crippen molar-refractivity contribution in [2.24, 2.45) is 0 Å². The molecular weight excluding hydrogens is 306 g/mol. The fourth-order valence-corrected chi connectivity index (χ4v) is 3.42. The smallest absolute Gasteiger partial charge is 0.274 e. The van der Waals surface area contributed by atoms with Crippen LogP contribution in [0.15, 0.2) is 24.3 Å². The van der Waals surface area contributed by atoms with E-state index >= 15 is 0 Å². The highest BCUT2D eigenvalue weighted by molar-refractivity contribution is 5.92. The fraction of sp³-hybridized carbons (Fsp3) is 0.444. The standard InChI is InChI=1S/C18H21N3O3/c1-12-10-14(20-19-12)18(22)21-7-2-4-15(21)13-5-6-16-17(11-13)24-9-3-8-23-16/h5-6,10-11,15H,2-4,7-9H2,1H3,(H,19,20)/t15-/m0/s1. The Bertz CT molecular complexity index is 756. The monoisotopic (exact) mass is 327 g/mol. The van der Waals surface area contributed by atoms with Gasteiger partial charge in [0.05, 0.1) is 19.3 Å². The zero-order valence-electron chi connectivity index (χ0n) is 13.7. The van der Waals surface area contributed by atoms with E-state index in [4.69, 9.17) is 9.47 Å². The van der Waals surface area contributed by atoms with Crippen LogP contribution in [0.1, 0.15) is 47.1 Å². The van der Waals surface area contributed by atoms with E-state index in [2.05, 4.69) is 10.2 Å². The van der Waals surface area contributed by atoms with Crippen molar-refractivity contribution in [2.45, 2.75) is 32.2 Å². The first-order valence-corrected chi connectivity index (χ1v) is 8.45. The summed E-state index contributed by atoms with van der Waals surface area (Å²) in [6, 6.07) is 7.87. The Morgan fingerprint density at radius 1 is 1.21 bits per heavy atom. The highest BCUT2D eigenvalue weighted by Gasteiger charge is 2.32. The second-order valence-electron chi connectivity index (χ2n) is 6.35. The number of carbonyl (C=O) groups excluding carboxylic acids is 1. The van der Waals surface area contributed by atoms with Crippen molar-refractivity contribution in [3.63, 3.8) is 0 Å². The Hall–Kier alpha value is -2.50. The molecule has 1 saturated heterocycles. The third kappa shape index (κ3) is 2.72. The highest BCUT2D eigenvalue weighted by Crippen LogP contribution is 2.38. The summed E-state index contributed by atoms with van der Waals surface area (Å²) in [6.07, 6.45) is 2.83. The number of carbonyl (C=O) groups is 1. The maximum absolute atomic E-state index is 12.8. The van der Waals surface area contributed by atoms with Crippen molar-refractivity contribution in [1.82, 2.24) is 15.1 Å². The minimum atomic E-state index is -0.0195. The molecule has 3 heterocycles. The van der Waals surface area contributed by atoms with Crippen molar-refractivity contribution in [2.75, 3.05) is 19.8 Å². The molecule has 1 aromatic carbocycles. The topological polar surface area (TPSA) is 67.5 Å². The number of rotatable bonds is 2. The number of aromatic amines is 1. The molecule has 2 aliphatic rings. The van der Waals surface area contributed by atoms with Crippen LogP contribution in [0.3, 0.4) is 0 Å². The summed E-state index contributed by atoms with van der Waals surface area (Å²) in [5, 5.41) is 6.95. The number of aryl methyl sites for hydroxylation is 1. The minimum absolute atomic E-state index is 0.0195. The molecule has 6 heteroatoms. The van der Waals surface area contributed by atoms with Crippen molar-refractivity contribution in [3.05, 3.63) is 41.2 Å². The van der Waals surface area contributed by atoms with Gasteiger partial charge in [0.15, 0.2) is 11.5 Å². The summed E-state index contributed by atoms with van der Waals surface area (Å²) in [5.41, 5.74) is 2.47. The summed E-state index contributed by atoms with van der Waals surface area (Å²) in [6.45, 7) is 3.99. The number of hydrogen-bond donors (Lipinski definition) is 1. The van der Waals surface area contributed by atoms with Gasteiger partial charge in [-0.25, -0.2) is 0 Å². The molecule has 24 heavy (non-hydrogen) atoms. The van der Waals surface area contributed by atoms with Crippen LogP contribution < -0.4 is 9.47 Å². The number of nitrogens with one attached hydrogen (secondary N) is 1. The third-order valence-electron chi connectivity index (χ3n) is 4.60. The molecule has 1 N–H and O–H groups in total. The maximum Gasteiger partial charge on any atom is 0.274 e. The number of nitrogens with zero attached hydrogens (tertiary/aromatic N) is 2. The molecule has 0 aliphatic carbocycles. The molecule has 1 fully saturated rings. The van der Waals surface area contributed by atoms with E-state index in [0.717, 1.165) is 48.6 Å². The lowest BCUT2D eigenvalue weighted by Gasteiger charge is -2.25. The molecule has 0 spiro atoms. The van der Waals surface area contributed by atoms with Gasteiger partial charge in [0.2, 0.25) is 0 Å². The van der Waals surface area contributed by atoms with E-state index in [1.54, 1.807) is 6.07 Å². The van der Waals surface area contributed by atoms with Crippen molar-refractivity contribution in [3.8, 4) is 11.5 Å². The Morgan fingerprint density at radius 2 is 2.04 bits per heavy atom. The summed E-state index contributed by atoms with van der Waals surface area (Å²) >= 11 is 0. The van der Waals surface area contributed by atoms with E-state index < -0.39 is 0 Å². The SMILES string of the molecule is Cc1cc(C(=O)N2CCC[C@H]2c2ccc3c(c2)OCCCO3)n[nH]1. The average Bonchev–Trinajstić information content (AvgIpc) is 3.18. The van der Waals surface area contributed by atoms with Gasteiger partial charge in [0, 0.05) is 18.7 Å². The molecule has 1 aromatic heterocycles. The predicted octanol–water partition coefficient (Wildman–Crippen LogP) is 2.86. The third-order valence-corrected chi connectivity index (χ3v) is 4.60. The molecule has 0 radical (unpaired) electrons. The van der Waals surface area contributed by atoms with Gasteiger partial charge in [-0.1, -0.05) is 6.07 Å². The zero-order valence-corrected chi connectivity index (χ0v) is 13.7. The number of H-pyrrole nitrogens is 1. The summed E-state index contributed by atoms with van der Waals surface area (Å²) in [5.74, 6) is 1.55. The van der Waals surface area contributed by atoms with Crippen LogP contribution in [-0.2, 0) is 0 Å². The molecule has 4 rings (SSSR count). The van der Waals surface area contributed by atoms with Crippen LogP contribution in [0, 0.1) is 6.92 Å². The second kappa shape index (κ2) is 6.19. The van der Waals surface area contributed by atoms with Gasteiger partial charge in [0.1, 0.15) is 5.69 Å². The van der Waals surface area contributed by atoms with E-state index in [0.29, 0.717) is 18.9 Å². The van der Waals surface area contributed by atoms with Gasteiger partial charge in [-0.05, 0) is 43.5 Å². The molecule has 1 atom stereocenters. The molecule has 1 amide bonds. The highest BCUT2D eigenvalue weighted by atomic mass is 16.5. The van der Waals surface area contributed by atoms with Crippen LogP contribution in [0.5, 0.6) is 11.5 Å². The molecule has 126 valence electrons. The number of fused-ring (bicyclic) bond motifs is 1. The predicted molar refractivity (Wildman–Crippen MR) is 88.4 cm³/mol. The van der Waals surface area contributed by atoms with Crippen LogP contribution in [0.4, 0.5) is 0 Å². The lowest BCUT2D eigenvalue weighted by atomic mass is 10.0. The molecule has 6 nitrogen and oxygen atoms in total. The van der Waals surface area contributed by atoms with Gasteiger partial charge in [-0.2, -0.15) is 5.10 Å². The first-order chi connectivity index (χ1) is 11.7. The Morgan fingerprint density at radius 3 is 2.83 bits per heavy atom. The van der Waals surface area contributed by atoms with Gasteiger partial charge in [0.25, 0.3) is 5.91 Å². The van der Waals surface area contributed by atoms with Gasteiger partial charge in [-0.3, -0.25) is 9.89 Å². The molecule has 0 unspecified atom stereocenters. The van der Waals surface area contributed by atoms with Gasteiger partial charge < -0.3 is 14.4 Å². The number of ether oxygens (including phenoxy) is 2. The van der Waals surface area contributed by atoms with E-state index in [-0.39, 0.29) is 11.9 Å². The number of benzene rings is 1. The minimum Gasteiger partial charge on any atom is -0.490 e. The lowest BCUT2D eigenvalue weighted by molar-refractivity contribution is 0.0729. The van der Waals surface area contributed by atoms with Crippen LogP contribution in [0.2, 0.25) is 0 Å². The van der Waals surface area contributed by atoms with Crippen molar-refractivity contribution < 1.29 is 14.3 Å². The van der Waals surface area contributed by atoms with Crippen LogP contribution in [-0.4, -0.2) is 40.8 Å². The van der Waals surface area contributed by atoms with E-state index in [1.165, 1.54) is 0 Å². The first-order valence-electron chi connectivity index (χ1n) is 8.45. The molecule has 0 saturated carbocycles. The zero-order chi connectivity index (χ0) is 16.5. The van der Waals surface area contributed by atoms with Crippen LogP contribution >= 0.6 is 0 Å². The summed E-state index contributed by atoms with van der Waals surface area (Å²) in [4.78, 5) is 14.7. The maximum atomic E-state index is 12.8. The van der Waals surface area contributed by atoms with E-state index in [9.17, 15) is 4.79 Å². The molecule has 0 bridgehead atoms. The summed E-state index contributed by atoms with van der Waals surface area (Å²) in [7, 11) is 0. The fourth-order valence-electron chi connectivity index (χ4n) is 3.42. The molecular formula is C18H21N3O3. The number of aromatic nitrogens is 2. The lowest BCUT2D eigenvalue weighted by Crippen LogP contribution is -2.30. The van der Waals surface area contributed by atoms with Crippen LogP contribution in [0.25, 0.3) is 0 Å². The first kappa shape index (κ1) is 15.1. The largest absolute Gasteiger partial charge is 0.490 e. The Balaban J connectivity index is 1.61. The van der Waals surface area contributed by atoms with Gasteiger partial charge >= 0.3 is 0 Å². The number of hydrogen-bond acceptors (Lipinski definition) is 4. The average molecular weight is 327 g/mol. The summed E-state index contributed by atoms with van der Waals surface area (Å²) < 4.78 is 11.5. The second-order valence-corrected chi connectivity index (χ2v) is 6.35. The Kier molecular flexibility index (Phi) is 3.88. The number of amides is 1. The van der Waals surface area contributed by atoms with Crippen molar-refractivity contribution in [1.29, 1.82) is 0 Å². The van der Waals surface area contributed by atoms with E-state index in [1.807, 2.05) is 30.0 Å². The Labute approximate surface area is 140 Å². The van der Waals surface area contributed by atoms with Crippen molar-refractivity contribution >= 4 is 5.91 Å². The normalized spacial score (nSPS) is 20.0. The quantitative estimate of drug-likeness (QED) is 0.921.